The number of hydrogen-bond donors (Lipinski definition) is 1. The highest BCUT2D eigenvalue weighted by Gasteiger charge is 2.22. The molecule has 1 aliphatic rings. The minimum absolute atomic E-state index is 0.00449. The summed E-state index contributed by atoms with van der Waals surface area (Å²) in [6.07, 6.45) is 4.89. The van der Waals surface area contributed by atoms with E-state index in [0.717, 1.165) is 6.54 Å². The van der Waals surface area contributed by atoms with E-state index >= 15 is 0 Å². The molecule has 0 amide bonds. The Kier molecular flexibility index (Phi) is 3.73. The maximum atomic E-state index is 11.0. The summed E-state index contributed by atoms with van der Waals surface area (Å²) in [6, 6.07) is 0. The Hall–Kier alpha value is -1.43. The van der Waals surface area contributed by atoms with Crippen LogP contribution in [0.1, 0.15) is 41.9 Å². The molecule has 0 atom stereocenters. The normalized spacial score (nSPS) is 16.5. The van der Waals surface area contributed by atoms with Crippen LogP contribution in [-0.4, -0.2) is 33.2 Å². The Morgan fingerprint density at radius 1 is 1.53 bits per heavy atom. The standard InChI is InChI=1S/C11H17N3O3/c1-17-7-9-10(11(15)16)12-13-14(9)6-8-4-2-3-5-8/h8H,2-7H2,1H3,(H,15,16). The molecular formula is C11H17N3O3. The van der Waals surface area contributed by atoms with Gasteiger partial charge < -0.3 is 9.84 Å². The van der Waals surface area contributed by atoms with Crippen LogP contribution < -0.4 is 0 Å². The van der Waals surface area contributed by atoms with Crippen LogP contribution in [0.4, 0.5) is 0 Å². The number of carboxylic acids is 1. The van der Waals surface area contributed by atoms with Gasteiger partial charge in [0.1, 0.15) is 0 Å². The summed E-state index contributed by atoms with van der Waals surface area (Å²) in [7, 11) is 1.54. The number of hydrogen-bond acceptors (Lipinski definition) is 4. The SMILES string of the molecule is COCc1c(C(=O)O)nnn1CC1CCCC1. The molecule has 0 unspecified atom stereocenters. The fourth-order valence-electron chi connectivity index (χ4n) is 2.36. The number of aromatic carboxylic acids is 1. The van der Waals surface area contributed by atoms with E-state index in [1.54, 1.807) is 11.8 Å². The van der Waals surface area contributed by atoms with Crippen molar-refractivity contribution >= 4 is 5.97 Å². The van der Waals surface area contributed by atoms with Crippen LogP contribution in [0.5, 0.6) is 0 Å². The quantitative estimate of drug-likeness (QED) is 0.838. The van der Waals surface area contributed by atoms with Crippen molar-refractivity contribution in [1.29, 1.82) is 0 Å². The maximum Gasteiger partial charge on any atom is 0.358 e. The summed E-state index contributed by atoms with van der Waals surface area (Å²) in [5.41, 5.74) is 0.566. The van der Waals surface area contributed by atoms with E-state index in [9.17, 15) is 4.79 Å². The zero-order valence-electron chi connectivity index (χ0n) is 9.93. The first-order valence-electron chi connectivity index (χ1n) is 5.87. The van der Waals surface area contributed by atoms with E-state index in [1.807, 2.05) is 0 Å². The highest BCUT2D eigenvalue weighted by Crippen LogP contribution is 2.26. The summed E-state index contributed by atoms with van der Waals surface area (Å²) < 4.78 is 6.70. The third kappa shape index (κ3) is 2.63. The van der Waals surface area contributed by atoms with Crippen molar-refractivity contribution in [3.63, 3.8) is 0 Å². The molecule has 0 aromatic carbocycles. The summed E-state index contributed by atoms with van der Waals surface area (Å²) in [5, 5.41) is 16.6. The third-order valence-corrected chi connectivity index (χ3v) is 3.23. The molecule has 0 aliphatic heterocycles. The molecule has 1 saturated carbocycles. The molecule has 0 bridgehead atoms. The smallest absolute Gasteiger partial charge is 0.358 e. The Balaban J connectivity index is 2.17. The van der Waals surface area contributed by atoms with E-state index in [0.29, 0.717) is 11.6 Å². The van der Waals surface area contributed by atoms with Crippen molar-refractivity contribution in [3.8, 4) is 0 Å². The Morgan fingerprint density at radius 2 is 2.24 bits per heavy atom. The van der Waals surface area contributed by atoms with E-state index in [4.69, 9.17) is 9.84 Å². The van der Waals surface area contributed by atoms with Gasteiger partial charge in [0, 0.05) is 13.7 Å². The van der Waals surface area contributed by atoms with Crippen LogP contribution in [-0.2, 0) is 17.9 Å². The Labute approximate surface area is 99.6 Å². The van der Waals surface area contributed by atoms with E-state index in [2.05, 4.69) is 10.3 Å². The van der Waals surface area contributed by atoms with Gasteiger partial charge in [0.2, 0.25) is 0 Å². The molecule has 6 heteroatoms. The Morgan fingerprint density at radius 3 is 2.82 bits per heavy atom. The largest absolute Gasteiger partial charge is 0.476 e. The van der Waals surface area contributed by atoms with Crippen LogP contribution in [0, 0.1) is 5.92 Å². The van der Waals surface area contributed by atoms with Gasteiger partial charge in [-0.05, 0) is 18.8 Å². The fraction of sp³-hybridized carbons (Fsp3) is 0.727. The molecule has 1 heterocycles. The second-order valence-electron chi connectivity index (χ2n) is 4.46. The van der Waals surface area contributed by atoms with Gasteiger partial charge in [-0.15, -0.1) is 5.10 Å². The lowest BCUT2D eigenvalue weighted by atomic mass is 10.1. The topological polar surface area (TPSA) is 77.2 Å². The summed E-state index contributed by atoms with van der Waals surface area (Å²) >= 11 is 0. The molecule has 0 spiro atoms. The van der Waals surface area contributed by atoms with Crippen molar-refractivity contribution in [2.24, 2.45) is 5.92 Å². The van der Waals surface area contributed by atoms with Crippen molar-refractivity contribution in [3.05, 3.63) is 11.4 Å². The summed E-state index contributed by atoms with van der Waals surface area (Å²) in [5.74, 6) is -0.455. The first kappa shape index (κ1) is 12.0. The molecule has 17 heavy (non-hydrogen) atoms. The van der Waals surface area contributed by atoms with Crippen molar-refractivity contribution < 1.29 is 14.6 Å². The molecule has 0 radical (unpaired) electrons. The van der Waals surface area contributed by atoms with Gasteiger partial charge in [0.15, 0.2) is 5.69 Å². The predicted molar refractivity (Wildman–Crippen MR) is 59.7 cm³/mol. The van der Waals surface area contributed by atoms with Gasteiger partial charge in [-0.1, -0.05) is 18.1 Å². The molecule has 1 aliphatic carbocycles. The van der Waals surface area contributed by atoms with Crippen LogP contribution in [0.2, 0.25) is 0 Å². The minimum Gasteiger partial charge on any atom is -0.476 e. The van der Waals surface area contributed by atoms with Crippen LogP contribution in [0.15, 0.2) is 0 Å². The minimum atomic E-state index is -1.05. The van der Waals surface area contributed by atoms with Crippen molar-refractivity contribution in [2.75, 3.05) is 7.11 Å². The lowest BCUT2D eigenvalue weighted by Crippen LogP contribution is -2.14. The monoisotopic (exact) mass is 239 g/mol. The zero-order valence-corrected chi connectivity index (χ0v) is 9.93. The number of nitrogens with zero attached hydrogens (tertiary/aromatic N) is 3. The zero-order chi connectivity index (χ0) is 12.3. The van der Waals surface area contributed by atoms with Gasteiger partial charge >= 0.3 is 5.97 Å². The molecule has 2 rings (SSSR count). The summed E-state index contributed by atoms with van der Waals surface area (Å²) in [4.78, 5) is 11.0. The van der Waals surface area contributed by atoms with Crippen LogP contribution >= 0.6 is 0 Å². The van der Waals surface area contributed by atoms with Gasteiger partial charge in [-0.25, -0.2) is 9.48 Å². The lowest BCUT2D eigenvalue weighted by Gasteiger charge is -2.11. The molecule has 94 valence electrons. The Bertz CT molecular complexity index is 397. The fourth-order valence-corrected chi connectivity index (χ4v) is 2.36. The number of rotatable bonds is 5. The molecular weight excluding hydrogens is 222 g/mol. The molecule has 0 saturated heterocycles. The van der Waals surface area contributed by atoms with Gasteiger partial charge in [-0.3, -0.25) is 0 Å². The van der Waals surface area contributed by atoms with Crippen LogP contribution in [0.3, 0.4) is 0 Å². The van der Waals surface area contributed by atoms with E-state index < -0.39 is 5.97 Å². The third-order valence-electron chi connectivity index (χ3n) is 3.23. The van der Waals surface area contributed by atoms with E-state index in [1.165, 1.54) is 25.7 Å². The number of carboxylic acid groups (broad SMARTS) is 1. The van der Waals surface area contributed by atoms with Crippen molar-refractivity contribution in [2.45, 2.75) is 38.8 Å². The average molecular weight is 239 g/mol. The lowest BCUT2D eigenvalue weighted by molar-refractivity contribution is 0.0684. The average Bonchev–Trinajstić information content (AvgIpc) is 2.90. The van der Waals surface area contributed by atoms with Gasteiger partial charge in [-0.2, -0.15) is 0 Å². The van der Waals surface area contributed by atoms with Gasteiger partial charge in [0.25, 0.3) is 0 Å². The van der Waals surface area contributed by atoms with Crippen molar-refractivity contribution in [1.82, 2.24) is 15.0 Å². The predicted octanol–water partition coefficient (Wildman–Crippen LogP) is 1.31. The highest BCUT2D eigenvalue weighted by atomic mass is 16.5. The maximum absolute atomic E-state index is 11.0. The summed E-state index contributed by atoms with van der Waals surface area (Å²) in [6.45, 7) is 0.986. The molecule has 6 nitrogen and oxygen atoms in total. The highest BCUT2D eigenvalue weighted by molar-refractivity contribution is 5.86. The number of ether oxygens (including phenoxy) is 1. The second-order valence-corrected chi connectivity index (χ2v) is 4.46. The first-order chi connectivity index (χ1) is 8.22. The molecule has 1 fully saturated rings. The first-order valence-corrected chi connectivity index (χ1v) is 5.87. The molecule has 1 aromatic heterocycles. The molecule has 1 N–H and O–H groups in total. The number of carbonyl (C=O) groups is 1. The van der Waals surface area contributed by atoms with E-state index in [-0.39, 0.29) is 12.3 Å². The second kappa shape index (κ2) is 5.27. The number of aromatic nitrogens is 3. The van der Waals surface area contributed by atoms with Gasteiger partial charge in [0.05, 0.1) is 12.3 Å². The van der Waals surface area contributed by atoms with Crippen LogP contribution in [0.25, 0.3) is 0 Å². The molecule has 1 aromatic rings. The number of methoxy groups -OCH3 is 1.